The molecule has 0 aromatic carbocycles. The van der Waals surface area contributed by atoms with E-state index >= 15 is 0 Å². The Bertz CT molecular complexity index is 632. The van der Waals surface area contributed by atoms with Crippen molar-refractivity contribution in [3.8, 4) is 0 Å². The molecule has 1 aromatic heterocycles. The number of carbonyl (C=O) groups is 2. The molecule has 0 radical (unpaired) electrons. The number of rotatable bonds is 3. The predicted octanol–water partition coefficient (Wildman–Crippen LogP) is 1.89. The molecule has 2 fully saturated rings. The first-order valence-corrected chi connectivity index (χ1v) is 7.22. The van der Waals surface area contributed by atoms with E-state index in [1.165, 1.54) is 6.07 Å². The molecule has 3 rings (SSSR count). The van der Waals surface area contributed by atoms with Crippen LogP contribution in [-0.4, -0.2) is 29.0 Å². The lowest BCUT2D eigenvalue weighted by atomic mass is 9.87. The van der Waals surface area contributed by atoms with E-state index in [0.717, 1.165) is 25.1 Å². The lowest BCUT2D eigenvalue weighted by Crippen LogP contribution is -2.51. The molecule has 124 valence electrons. The molecular weight excluding hydrogens is 313 g/mol. The minimum absolute atomic E-state index is 0.141. The predicted molar refractivity (Wildman–Crippen MR) is 74.5 cm³/mol. The smallest absolute Gasteiger partial charge is 0.370 e. The first-order chi connectivity index (χ1) is 10.8. The van der Waals surface area contributed by atoms with Gasteiger partial charge in [-0.3, -0.25) is 10.1 Å². The number of carbonyl (C=O) groups excluding carboxylic acids is 2. The van der Waals surface area contributed by atoms with Gasteiger partial charge in [0.1, 0.15) is 11.4 Å². The molecule has 23 heavy (non-hydrogen) atoms. The van der Waals surface area contributed by atoms with Gasteiger partial charge in [0.15, 0.2) is 0 Å². The number of nitrogens with one attached hydrogen (secondary N) is 3. The zero-order valence-corrected chi connectivity index (χ0v) is 12.0. The molecule has 2 heterocycles. The largest absolute Gasteiger partial charge is 0.417 e. The molecule has 2 aliphatic rings. The zero-order chi connectivity index (χ0) is 16.7. The van der Waals surface area contributed by atoms with Crippen LogP contribution < -0.4 is 16.0 Å². The van der Waals surface area contributed by atoms with Crippen LogP contribution in [0, 0.1) is 5.92 Å². The van der Waals surface area contributed by atoms with E-state index in [1.54, 1.807) is 0 Å². The van der Waals surface area contributed by atoms with Gasteiger partial charge in [0.05, 0.1) is 5.56 Å². The molecule has 1 aliphatic carbocycles. The molecule has 0 bridgehead atoms. The number of pyridine rings is 1. The maximum atomic E-state index is 12.5. The molecule has 3 amide bonds. The molecule has 0 unspecified atom stereocenters. The number of anilines is 1. The second-order valence-corrected chi connectivity index (χ2v) is 5.78. The number of nitrogens with zero attached hydrogens (tertiary/aromatic N) is 1. The number of aromatic nitrogens is 1. The average Bonchev–Trinajstić information content (AvgIpc) is 3.00. The van der Waals surface area contributed by atoms with Crippen LogP contribution in [0.25, 0.3) is 0 Å². The SMILES string of the molecule is O=C1NC(=O)[C@]2(CCC[C@@H]2CNc2ccc(C(F)(F)F)cn2)N1. The summed E-state index contributed by atoms with van der Waals surface area (Å²) in [6.07, 6.45) is -1.58. The molecular formula is C14H15F3N4O2. The lowest BCUT2D eigenvalue weighted by Gasteiger charge is -2.28. The van der Waals surface area contributed by atoms with Gasteiger partial charge in [-0.2, -0.15) is 13.2 Å². The van der Waals surface area contributed by atoms with Crippen molar-refractivity contribution < 1.29 is 22.8 Å². The number of urea groups is 1. The highest BCUT2D eigenvalue weighted by Gasteiger charge is 2.54. The van der Waals surface area contributed by atoms with Crippen LogP contribution in [0.1, 0.15) is 24.8 Å². The van der Waals surface area contributed by atoms with Gasteiger partial charge in [-0.05, 0) is 25.0 Å². The summed E-state index contributed by atoms with van der Waals surface area (Å²) in [4.78, 5) is 27.1. The van der Waals surface area contributed by atoms with Crippen LogP contribution in [0.3, 0.4) is 0 Å². The quantitative estimate of drug-likeness (QED) is 0.740. The topological polar surface area (TPSA) is 83.1 Å². The Kier molecular flexibility index (Phi) is 3.65. The Morgan fingerprint density at radius 3 is 2.70 bits per heavy atom. The van der Waals surface area contributed by atoms with Crippen LogP contribution in [0.4, 0.5) is 23.8 Å². The number of amides is 3. The van der Waals surface area contributed by atoms with E-state index in [-0.39, 0.29) is 11.8 Å². The summed E-state index contributed by atoms with van der Waals surface area (Å²) in [6.45, 7) is 0.339. The van der Waals surface area contributed by atoms with Crippen molar-refractivity contribution in [3.05, 3.63) is 23.9 Å². The third kappa shape index (κ3) is 2.82. The molecule has 1 saturated heterocycles. The third-order valence-electron chi connectivity index (χ3n) is 4.41. The minimum atomic E-state index is -4.42. The second-order valence-electron chi connectivity index (χ2n) is 5.78. The van der Waals surface area contributed by atoms with Gasteiger partial charge in [-0.1, -0.05) is 6.42 Å². The molecule has 1 aromatic rings. The van der Waals surface area contributed by atoms with Gasteiger partial charge in [-0.25, -0.2) is 9.78 Å². The normalized spacial score (nSPS) is 27.2. The Balaban J connectivity index is 1.66. The first-order valence-electron chi connectivity index (χ1n) is 7.22. The lowest BCUT2D eigenvalue weighted by molar-refractivity contribution is -0.137. The Morgan fingerprint density at radius 1 is 1.35 bits per heavy atom. The molecule has 3 N–H and O–H groups in total. The van der Waals surface area contributed by atoms with Crippen molar-refractivity contribution in [2.24, 2.45) is 5.92 Å². The average molecular weight is 328 g/mol. The van der Waals surface area contributed by atoms with Crippen LogP contribution in [0.5, 0.6) is 0 Å². The fraction of sp³-hybridized carbons (Fsp3) is 0.500. The maximum Gasteiger partial charge on any atom is 0.417 e. The fourth-order valence-electron chi connectivity index (χ4n) is 3.22. The maximum absolute atomic E-state index is 12.5. The summed E-state index contributed by atoms with van der Waals surface area (Å²) < 4.78 is 37.5. The van der Waals surface area contributed by atoms with E-state index in [2.05, 4.69) is 20.9 Å². The Morgan fingerprint density at radius 2 is 2.13 bits per heavy atom. The standard InChI is InChI=1S/C14H15F3N4O2/c15-14(16,17)9-3-4-10(19-7-9)18-6-8-2-1-5-13(8)11(22)20-12(23)21-13/h3-4,7-8H,1-2,5-6H2,(H,18,19)(H2,20,21,22,23)/t8-,13-/m1/s1. The van der Waals surface area contributed by atoms with Gasteiger partial charge >= 0.3 is 12.2 Å². The summed E-state index contributed by atoms with van der Waals surface area (Å²) >= 11 is 0. The Labute approximate surface area is 129 Å². The molecule has 6 nitrogen and oxygen atoms in total. The summed E-state index contributed by atoms with van der Waals surface area (Å²) in [5, 5.41) is 7.87. The van der Waals surface area contributed by atoms with Gasteiger partial charge in [0, 0.05) is 18.7 Å². The van der Waals surface area contributed by atoms with Gasteiger partial charge in [0.25, 0.3) is 5.91 Å². The van der Waals surface area contributed by atoms with Crippen molar-refractivity contribution in [2.45, 2.75) is 31.0 Å². The van der Waals surface area contributed by atoms with Gasteiger partial charge < -0.3 is 10.6 Å². The molecule has 1 spiro atoms. The van der Waals surface area contributed by atoms with E-state index in [0.29, 0.717) is 18.8 Å². The minimum Gasteiger partial charge on any atom is -0.370 e. The van der Waals surface area contributed by atoms with Crippen molar-refractivity contribution in [3.63, 3.8) is 0 Å². The zero-order valence-electron chi connectivity index (χ0n) is 12.0. The molecule has 9 heteroatoms. The number of halogens is 3. The van der Waals surface area contributed by atoms with Crippen LogP contribution in [0.2, 0.25) is 0 Å². The number of hydrogen-bond donors (Lipinski definition) is 3. The van der Waals surface area contributed by atoms with Crippen molar-refractivity contribution >= 4 is 17.8 Å². The molecule has 2 atom stereocenters. The Hall–Kier alpha value is -2.32. The van der Waals surface area contributed by atoms with E-state index in [1.807, 2.05) is 0 Å². The van der Waals surface area contributed by atoms with Gasteiger partial charge in [0.2, 0.25) is 0 Å². The van der Waals surface area contributed by atoms with Crippen LogP contribution in [0.15, 0.2) is 18.3 Å². The van der Waals surface area contributed by atoms with Crippen molar-refractivity contribution in [1.29, 1.82) is 0 Å². The van der Waals surface area contributed by atoms with Crippen LogP contribution >= 0.6 is 0 Å². The van der Waals surface area contributed by atoms with E-state index < -0.39 is 23.3 Å². The highest BCUT2D eigenvalue weighted by Crippen LogP contribution is 2.38. The summed E-state index contributed by atoms with van der Waals surface area (Å²) in [6, 6.07) is 1.69. The number of hydrogen-bond acceptors (Lipinski definition) is 4. The van der Waals surface area contributed by atoms with Crippen LogP contribution in [-0.2, 0) is 11.0 Å². The molecule has 1 saturated carbocycles. The third-order valence-corrected chi connectivity index (χ3v) is 4.41. The monoisotopic (exact) mass is 328 g/mol. The highest BCUT2D eigenvalue weighted by molar-refractivity contribution is 6.07. The number of imide groups is 1. The summed E-state index contributed by atoms with van der Waals surface area (Å²) in [7, 11) is 0. The summed E-state index contributed by atoms with van der Waals surface area (Å²) in [5.41, 5.74) is -1.74. The highest BCUT2D eigenvalue weighted by atomic mass is 19.4. The van der Waals surface area contributed by atoms with E-state index in [9.17, 15) is 22.8 Å². The second kappa shape index (κ2) is 5.39. The van der Waals surface area contributed by atoms with Gasteiger partial charge in [-0.15, -0.1) is 0 Å². The van der Waals surface area contributed by atoms with Crippen molar-refractivity contribution in [2.75, 3.05) is 11.9 Å². The van der Waals surface area contributed by atoms with Crippen molar-refractivity contribution in [1.82, 2.24) is 15.6 Å². The molecule has 1 aliphatic heterocycles. The first kappa shape index (κ1) is 15.6. The fourth-order valence-corrected chi connectivity index (χ4v) is 3.22. The number of alkyl halides is 3. The summed E-state index contributed by atoms with van der Waals surface area (Å²) in [5.74, 6) is -0.185. The van der Waals surface area contributed by atoms with E-state index in [4.69, 9.17) is 0 Å².